The van der Waals surface area contributed by atoms with E-state index < -0.39 is 0 Å². The van der Waals surface area contributed by atoms with Crippen LogP contribution in [0, 0.1) is 0 Å². The molecule has 0 aliphatic carbocycles. The van der Waals surface area contributed by atoms with E-state index in [0.717, 1.165) is 22.3 Å². The molecule has 1 heterocycles. The molecule has 82 valence electrons. The standard InChI is InChI=1S/C12H12ClN3/c1-14-11-3-2-4-12(16-11)15-10-7-5-9(13)6-8-10/h2-8H,1H3,(H2,14,15,16). The number of nitrogens with zero attached hydrogens (tertiary/aromatic N) is 1. The van der Waals surface area contributed by atoms with E-state index in [1.165, 1.54) is 0 Å². The van der Waals surface area contributed by atoms with Crippen molar-refractivity contribution in [2.45, 2.75) is 0 Å². The third-order valence-electron chi connectivity index (χ3n) is 2.12. The smallest absolute Gasteiger partial charge is 0.132 e. The predicted octanol–water partition coefficient (Wildman–Crippen LogP) is 3.52. The monoisotopic (exact) mass is 233 g/mol. The van der Waals surface area contributed by atoms with Crippen LogP contribution in [0.4, 0.5) is 17.3 Å². The van der Waals surface area contributed by atoms with Gasteiger partial charge in [-0.05, 0) is 36.4 Å². The van der Waals surface area contributed by atoms with Gasteiger partial charge in [-0.2, -0.15) is 0 Å². The molecule has 0 aliphatic heterocycles. The molecule has 4 heteroatoms. The number of rotatable bonds is 3. The van der Waals surface area contributed by atoms with E-state index >= 15 is 0 Å². The van der Waals surface area contributed by atoms with Crippen LogP contribution in [0.2, 0.25) is 5.02 Å². The van der Waals surface area contributed by atoms with Crippen molar-refractivity contribution in [1.29, 1.82) is 0 Å². The van der Waals surface area contributed by atoms with Gasteiger partial charge in [0.25, 0.3) is 0 Å². The van der Waals surface area contributed by atoms with Gasteiger partial charge in [-0.3, -0.25) is 0 Å². The van der Waals surface area contributed by atoms with E-state index in [2.05, 4.69) is 15.6 Å². The molecule has 0 radical (unpaired) electrons. The van der Waals surface area contributed by atoms with E-state index in [0.29, 0.717) is 0 Å². The van der Waals surface area contributed by atoms with Crippen molar-refractivity contribution in [3.8, 4) is 0 Å². The second kappa shape index (κ2) is 4.86. The van der Waals surface area contributed by atoms with E-state index in [1.54, 1.807) is 0 Å². The van der Waals surface area contributed by atoms with Crippen molar-refractivity contribution in [3.05, 3.63) is 47.5 Å². The molecule has 0 fully saturated rings. The molecule has 2 rings (SSSR count). The molecule has 0 aliphatic rings. The lowest BCUT2D eigenvalue weighted by Gasteiger charge is -2.07. The Hall–Kier alpha value is -1.74. The number of hydrogen-bond acceptors (Lipinski definition) is 3. The molecule has 3 nitrogen and oxygen atoms in total. The summed E-state index contributed by atoms with van der Waals surface area (Å²) < 4.78 is 0. The number of pyridine rings is 1. The molecule has 0 unspecified atom stereocenters. The Morgan fingerprint density at radius 2 is 1.69 bits per heavy atom. The Balaban J connectivity index is 2.16. The number of halogens is 1. The first kappa shape index (κ1) is 10.8. The van der Waals surface area contributed by atoms with E-state index in [9.17, 15) is 0 Å². The third kappa shape index (κ3) is 2.64. The first-order valence-corrected chi connectivity index (χ1v) is 5.33. The molecule has 1 aromatic carbocycles. The fraction of sp³-hybridized carbons (Fsp3) is 0.0833. The number of nitrogens with one attached hydrogen (secondary N) is 2. The van der Waals surface area contributed by atoms with Crippen molar-refractivity contribution in [3.63, 3.8) is 0 Å². The predicted molar refractivity (Wildman–Crippen MR) is 68.5 cm³/mol. The first-order valence-electron chi connectivity index (χ1n) is 4.95. The Morgan fingerprint density at radius 1 is 1.00 bits per heavy atom. The van der Waals surface area contributed by atoms with Gasteiger partial charge in [-0.1, -0.05) is 17.7 Å². The van der Waals surface area contributed by atoms with Gasteiger partial charge in [0.2, 0.25) is 0 Å². The summed E-state index contributed by atoms with van der Waals surface area (Å²) >= 11 is 5.81. The normalized spacial score (nSPS) is 9.88. The van der Waals surface area contributed by atoms with Gasteiger partial charge in [0.05, 0.1) is 0 Å². The van der Waals surface area contributed by atoms with Gasteiger partial charge in [0.15, 0.2) is 0 Å². The molecule has 2 aromatic rings. The fourth-order valence-electron chi connectivity index (χ4n) is 1.32. The van der Waals surface area contributed by atoms with E-state index in [-0.39, 0.29) is 0 Å². The van der Waals surface area contributed by atoms with Crippen LogP contribution < -0.4 is 10.6 Å². The Kier molecular flexibility index (Phi) is 3.27. The minimum atomic E-state index is 0.725. The van der Waals surface area contributed by atoms with Crippen molar-refractivity contribution in [1.82, 2.24) is 4.98 Å². The lowest BCUT2D eigenvalue weighted by molar-refractivity contribution is 1.28. The maximum absolute atomic E-state index is 5.81. The maximum atomic E-state index is 5.81. The van der Waals surface area contributed by atoms with Crippen LogP contribution in [0.3, 0.4) is 0 Å². The fourth-order valence-corrected chi connectivity index (χ4v) is 1.45. The Bertz CT molecular complexity index is 468. The quantitative estimate of drug-likeness (QED) is 0.852. The Morgan fingerprint density at radius 3 is 2.38 bits per heavy atom. The minimum Gasteiger partial charge on any atom is -0.373 e. The summed E-state index contributed by atoms with van der Waals surface area (Å²) in [4.78, 5) is 4.35. The highest BCUT2D eigenvalue weighted by Crippen LogP contribution is 2.18. The second-order valence-electron chi connectivity index (χ2n) is 3.29. The van der Waals surface area contributed by atoms with Crippen LogP contribution in [0.5, 0.6) is 0 Å². The van der Waals surface area contributed by atoms with Crippen LogP contribution in [0.1, 0.15) is 0 Å². The van der Waals surface area contributed by atoms with E-state index in [4.69, 9.17) is 11.6 Å². The van der Waals surface area contributed by atoms with Gasteiger partial charge in [0, 0.05) is 17.8 Å². The maximum Gasteiger partial charge on any atom is 0.132 e. The van der Waals surface area contributed by atoms with Gasteiger partial charge in [0.1, 0.15) is 11.6 Å². The summed E-state index contributed by atoms with van der Waals surface area (Å²) in [5, 5.41) is 6.91. The lowest BCUT2D eigenvalue weighted by Crippen LogP contribution is -1.97. The average molecular weight is 234 g/mol. The van der Waals surface area contributed by atoms with Gasteiger partial charge < -0.3 is 10.6 Å². The molecule has 16 heavy (non-hydrogen) atoms. The molecule has 0 saturated carbocycles. The minimum absolute atomic E-state index is 0.725. The summed E-state index contributed by atoms with van der Waals surface area (Å²) in [7, 11) is 1.84. The zero-order valence-electron chi connectivity index (χ0n) is 8.87. The summed E-state index contributed by atoms with van der Waals surface area (Å²) in [6.45, 7) is 0. The van der Waals surface area contributed by atoms with Crippen molar-refractivity contribution in [2.24, 2.45) is 0 Å². The summed E-state index contributed by atoms with van der Waals surface area (Å²) in [6, 6.07) is 13.3. The van der Waals surface area contributed by atoms with E-state index in [1.807, 2.05) is 49.5 Å². The van der Waals surface area contributed by atoms with Crippen LogP contribution in [-0.2, 0) is 0 Å². The number of hydrogen-bond donors (Lipinski definition) is 2. The molecule has 1 aromatic heterocycles. The van der Waals surface area contributed by atoms with Crippen LogP contribution in [0.25, 0.3) is 0 Å². The molecule has 0 spiro atoms. The number of aromatic nitrogens is 1. The molecule has 0 amide bonds. The first-order chi connectivity index (χ1) is 7.78. The largest absolute Gasteiger partial charge is 0.373 e. The van der Waals surface area contributed by atoms with Crippen LogP contribution in [0.15, 0.2) is 42.5 Å². The summed E-state index contributed by atoms with van der Waals surface area (Å²) in [6.07, 6.45) is 0. The number of anilines is 3. The Labute approximate surface area is 99.5 Å². The van der Waals surface area contributed by atoms with Gasteiger partial charge >= 0.3 is 0 Å². The van der Waals surface area contributed by atoms with Crippen LogP contribution in [-0.4, -0.2) is 12.0 Å². The summed E-state index contributed by atoms with van der Waals surface area (Å²) in [5.74, 6) is 1.63. The molecule has 0 atom stereocenters. The topological polar surface area (TPSA) is 37.0 Å². The SMILES string of the molecule is CNc1cccc(Nc2ccc(Cl)cc2)n1. The second-order valence-corrected chi connectivity index (χ2v) is 3.73. The van der Waals surface area contributed by atoms with Crippen molar-refractivity contribution >= 4 is 28.9 Å². The molecular weight excluding hydrogens is 222 g/mol. The zero-order valence-corrected chi connectivity index (χ0v) is 9.62. The highest BCUT2D eigenvalue weighted by Gasteiger charge is 1.97. The molecule has 2 N–H and O–H groups in total. The highest BCUT2D eigenvalue weighted by molar-refractivity contribution is 6.30. The molecule has 0 bridgehead atoms. The molecule has 0 saturated heterocycles. The lowest BCUT2D eigenvalue weighted by atomic mass is 10.3. The van der Waals surface area contributed by atoms with Crippen molar-refractivity contribution in [2.75, 3.05) is 17.7 Å². The van der Waals surface area contributed by atoms with Gasteiger partial charge in [-0.25, -0.2) is 4.98 Å². The zero-order chi connectivity index (χ0) is 11.4. The van der Waals surface area contributed by atoms with Crippen molar-refractivity contribution < 1.29 is 0 Å². The summed E-state index contributed by atoms with van der Waals surface area (Å²) in [5.41, 5.74) is 0.963. The number of benzene rings is 1. The molecular formula is C12H12ClN3. The van der Waals surface area contributed by atoms with Crippen LogP contribution >= 0.6 is 11.6 Å². The highest BCUT2D eigenvalue weighted by atomic mass is 35.5. The average Bonchev–Trinajstić information content (AvgIpc) is 2.32. The third-order valence-corrected chi connectivity index (χ3v) is 2.37. The van der Waals surface area contributed by atoms with Gasteiger partial charge in [-0.15, -0.1) is 0 Å².